The van der Waals surface area contributed by atoms with Crippen molar-refractivity contribution in [2.24, 2.45) is 0 Å². The normalized spacial score (nSPS) is 25.6. The summed E-state index contributed by atoms with van der Waals surface area (Å²) in [5, 5.41) is 9.31. The molecule has 0 radical (unpaired) electrons. The maximum absolute atomic E-state index is 12.3. The average molecular weight is 232 g/mol. The van der Waals surface area contributed by atoms with Crippen LogP contribution >= 0.6 is 23.5 Å². The zero-order valence-electron chi connectivity index (χ0n) is 7.10. The van der Waals surface area contributed by atoms with Crippen molar-refractivity contribution < 1.29 is 18.3 Å². The van der Waals surface area contributed by atoms with E-state index in [1.54, 1.807) is 0 Å². The Morgan fingerprint density at radius 2 is 1.69 bits per heavy atom. The third-order valence-corrected chi connectivity index (χ3v) is 5.25. The minimum atomic E-state index is -4.53. The Hall–Kier alpha value is 0.450. The first-order chi connectivity index (χ1) is 5.86. The molecule has 0 spiro atoms. The molecule has 1 aliphatic heterocycles. The van der Waals surface area contributed by atoms with Gasteiger partial charge in [0.25, 0.3) is 0 Å². The minimum absolute atomic E-state index is 0.698. The van der Waals surface area contributed by atoms with Crippen LogP contribution in [0.4, 0.5) is 13.2 Å². The molecule has 1 heterocycles. The minimum Gasteiger partial charge on any atom is -0.379 e. The molecule has 13 heavy (non-hydrogen) atoms. The van der Waals surface area contributed by atoms with Crippen molar-refractivity contribution in [2.45, 2.75) is 29.7 Å². The van der Waals surface area contributed by atoms with Crippen LogP contribution < -0.4 is 0 Å². The molecule has 1 saturated heterocycles. The summed E-state index contributed by atoms with van der Waals surface area (Å²) in [6.07, 6.45) is -3.62. The number of hydrogen-bond acceptors (Lipinski definition) is 3. The Morgan fingerprint density at radius 1 is 1.23 bits per heavy atom. The molecule has 1 aliphatic rings. The highest BCUT2D eigenvalue weighted by atomic mass is 32.2. The lowest BCUT2D eigenvalue weighted by Gasteiger charge is -2.35. The molecule has 0 saturated carbocycles. The molecule has 1 nitrogen and oxygen atoms in total. The maximum atomic E-state index is 12.3. The van der Waals surface area contributed by atoms with Gasteiger partial charge in [0.05, 0.1) is 4.58 Å². The molecule has 1 unspecified atom stereocenters. The summed E-state index contributed by atoms with van der Waals surface area (Å²) < 4.78 is 36.2. The molecule has 1 N–H and O–H groups in total. The predicted molar refractivity (Wildman–Crippen MR) is 50.0 cm³/mol. The van der Waals surface area contributed by atoms with Gasteiger partial charge in [0.1, 0.15) is 0 Å². The van der Waals surface area contributed by atoms with Crippen LogP contribution in [0.15, 0.2) is 0 Å². The van der Waals surface area contributed by atoms with E-state index >= 15 is 0 Å². The van der Waals surface area contributed by atoms with E-state index in [-0.39, 0.29) is 0 Å². The van der Waals surface area contributed by atoms with Gasteiger partial charge in [0, 0.05) is 0 Å². The highest BCUT2D eigenvalue weighted by molar-refractivity contribution is 8.17. The Bertz CT molecular complexity index is 175. The number of alkyl halides is 3. The van der Waals surface area contributed by atoms with Gasteiger partial charge in [-0.2, -0.15) is 13.2 Å². The standard InChI is InChI=1S/C7H11F3OS2/c1-6(11,7(8,9)10)5-12-3-2-4-13-5/h5,11H,2-4H2,1H3. The quantitative estimate of drug-likeness (QED) is 0.750. The van der Waals surface area contributed by atoms with Gasteiger partial charge in [-0.05, 0) is 24.9 Å². The number of rotatable bonds is 1. The van der Waals surface area contributed by atoms with E-state index in [1.807, 2.05) is 0 Å². The molecular formula is C7H11F3OS2. The summed E-state index contributed by atoms with van der Waals surface area (Å²) in [4.78, 5) is 0. The predicted octanol–water partition coefficient (Wildman–Crippen LogP) is 2.50. The lowest BCUT2D eigenvalue weighted by Crippen LogP contribution is -2.50. The van der Waals surface area contributed by atoms with Crippen molar-refractivity contribution in [3.8, 4) is 0 Å². The van der Waals surface area contributed by atoms with E-state index in [2.05, 4.69) is 0 Å². The maximum Gasteiger partial charge on any atom is 0.418 e. The molecule has 0 aromatic carbocycles. The number of aliphatic hydroxyl groups is 1. The van der Waals surface area contributed by atoms with E-state index in [1.165, 1.54) is 23.5 Å². The first-order valence-electron chi connectivity index (χ1n) is 3.88. The van der Waals surface area contributed by atoms with E-state index in [0.717, 1.165) is 13.3 Å². The summed E-state index contributed by atoms with van der Waals surface area (Å²) in [6.45, 7) is 0.850. The fourth-order valence-corrected chi connectivity index (χ4v) is 4.06. The second kappa shape index (κ2) is 3.90. The third kappa shape index (κ3) is 2.47. The van der Waals surface area contributed by atoms with Gasteiger partial charge in [-0.3, -0.25) is 0 Å². The van der Waals surface area contributed by atoms with Crippen LogP contribution in [0.2, 0.25) is 0 Å². The van der Waals surface area contributed by atoms with E-state index in [0.29, 0.717) is 11.5 Å². The Labute approximate surface area is 83.5 Å². The van der Waals surface area contributed by atoms with Crippen LogP contribution in [0.1, 0.15) is 13.3 Å². The summed E-state index contributed by atoms with van der Waals surface area (Å²) >= 11 is 2.38. The molecule has 0 aromatic heterocycles. The zero-order chi connectivity index (χ0) is 10.1. The summed E-state index contributed by atoms with van der Waals surface area (Å²) in [6, 6.07) is 0. The zero-order valence-corrected chi connectivity index (χ0v) is 8.73. The fourth-order valence-electron chi connectivity index (χ4n) is 0.946. The smallest absolute Gasteiger partial charge is 0.379 e. The fraction of sp³-hybridized carbons (Fsp3) is 1.00. The number of thioether (sulfide) groups is 2. The van der Waals surface area contributed by atoms with Crippen LogP contribution in [0.5, 0.6) is 0 Å². The second-order valence-corrected chi connectivity index (χ2v) is 5.80. The molecule has 0 amide bonds. The highest BCUT2D eigenvalue weighted by Crippen LogP contribution is 2.45. The van der Waals surface area contributed by atoms with Crippen LogP contribution in [0.25, 0.3) is 0 Å². The SMILES string of the molecule is CC(O)(C1SCCCS1)C(F)(F)F. The van der Waals surface area contributed by atoms with Gasteiger partial charge in [-0.1, -0.05) is 0 Å². The van der Waals surface area contributed by atoms with Gasteiger partial charge in [-0.15, -0.1) is 23.5 Å². The first kappa shape index (κ1) is 11.5. The molecular weight excluding hydrogens is 221 g/mol. The second-order valence-electron chi connectivity index (χ2n) is 3.07. The van der Waals surface area contributed by atoms with Crippen molar-refractivity contribution in [2.75, 3.05) is 11.5 Å². The van der Waals surface area contributed by atoms with Gasteiger partial charge < -0.3 is 5.11 Å². The monoisotopic (exact) mass is 232 g/mol. The molecule has 6 heteroatoms. The van der Waals surface area contributed by atoms with Crippen LogP contribution in [-0.4, -0.2) is 33.0 Å². The average Bonchev–Trinajstić information content (AvgIpc) is 2.04. The molecule has 1 atom stereocenters. The van der Waals surface area contributed by atoms with Gasteiger partial charge in [0.2, 0.25) is 0 Å². The lowest BCUT2D eigenvalue weighted by atomic mass is 10.1. The van der Waals surface area contributed by atoms with Crippen molar-refractivity contribution in [3.63, 3.8) is 0 Å². The number of halogens is 3. The molecule has 1 rings (SSSR count). The van der Waals surface area contributed by atoms with Crippen molar-refractivity contribution in [1.29, 1.82) is 0 Å². The number of hydrogen-bond donors (Lipinski definition) is 1. The van der Waals surface area contributed by atoms with Crippen molar-refractivity contribution >= 4 is 23.5 Å². The highest BCUT2D eigenvalue weighted by Gasteiger charge is 2.55. The molecule has 0 bridgehead atoms. The lowest BCUT2D eigenvalue weighted by molar-refractivity contribution is -0.245. The van der Waals surface area contributed by atoms with Crippen molar-refractivity contribution in [3.05, 3.63) is 0 Å². The topological polar surface area (TPSA) is 20.2 Å². The largest absolute Gasteiger partial charge is 0.418 e. The van der Waals surface area contributed by atoms with Crippen LogP contribution in [0, 0.1) is 0 Å². The first-order valence-corrected chi connectivity index (χ1v) is 5.98. The summed E-state index contributed by atoms with van der Waals surface area (Å²) in [7, 11) is 0. The molecule has 1 fully saturated rings. The van der Waals surface area contributed by atoms with Gasteiger partial charge in [0.15, 0.2) is 5.60 Å². The summed E-state index contributed by atoms with van der Waals surface area (Å²) in [5.41, 5.74) is -2.57. The van der Waals surface area contributed by atoms with Crippen LogP contribution in [-0.2, 0) is 0 Å². The Morgan fingerprint density at radius 3 is 2.08 bits per heavy atom. The molecule has 0 aromatic rings. The third-order valence-electron chi connectivity index (χ3n) is 1.86. The van der Waals surface area contributed by atoms with E-state index in [9.17, 15) is 18.3 Å². The van der Waals surface area contributed by atoms with Crippen LogP contribution in [0.3, 0.4) is 0 Å². The van der Waals surface area contributed by atoms with E-state index in [4.69, 9.17) is 0 Å². The van der Waals surface area contributed by atoms with Gasteiger partial charge >= 0.3 is 6.18 Å². The summed E-state index contributed by atoms with van der Waals surface area (Å²) in [5.74, 6) is 1.40. The Balaban J connectivity index is 2.67. The van der Waals surface area contributed by atoms with Crippen molar-refractivity contribution in [1.82, 2.24) is 0 Å². The molecule has 0 aliphatic carbocycles. The van der Waals surface area contributed by atoms with Gasteiger partial charge in [-0.25, -0.2) is 0 Å². The molecule has 78 valence electrons. The van der Waals surface area contributed by atoms with E-state index < -0.39 is 16.4 Å². The Kier molecular flexibility index (Phi) is 3.46.